The zero-order chi connectivity index (χ0) is 14.0. The van der Waals surface area contributed by atoms with E-state index in [4.69, 9.17) is 0 Å². The first-order valence-corrected chi connectivity index (χ1v) is 6.16. The van der Waals surface area contributed by atoms with E-state index >= 15 is 0 Å². The van der Waals surface area contributed by atoms with Crippen LogP contribution in [0.3, 0.4) is 0 Å². The van der Waals surface area contributed by atoms with Crippen molar-refractivity contribution in [3.05, 3.63) is 52.6 Å². The van der Waals surface area contributed by atoms with Crippen molar-refractivity contribution in [3.63, 3.8) is 0 Å². The lowest BCUT2D eigenvalue weighted by Gasteiger charge is -2.11. The summed E-state index contributed by atoms with van der Waals surface area (Å²) in [5.41, 5.74) is 4.96. The van der Waals surface area contributed by atoms with Crippen LogP contribution in [-0.4, -0.2) is 15.9 Å². The van der Waals surface area contributed by atoms with Crippen LogP contribution in [0.25, 0.3) is 0 Å². The van der Waals surface area contributed by atoms with Crippen LogP contribution in [0.2, 0.25) is 0 Å². The van der Waals surface area contributed by atoms with Gasteiger partial charge in [0.05, 0.1) is 17.0 Å². The van der Waals surface area contributed by atoms with Gasteiger partial charge < -0.3 is 5.32 Å². The Morgan fingerprint density at radius 1 is 1.05 bits per heavy atom. The molecule has 0 aliphatic heterocycles. The lowest BCUT2D eigenvalue weighted by molar-refractivity contribution is 0.102. The van der Waals surface area contributed by atoms with Gasteiger partial charge >= 0.3 is 0 Å². The molecular weight excluding hydrogens is 238 g/mol. The summed E-state index contributed by atoms with van der Waals surface area (Å²) >= 11 is 0. The number of hydrogen-bond acceptors (Lipinski definition) is 3. The molecule has 0 unspecified atom stereocenters. The first-order chi connectivity index (χ1) is 8.99. The number of benzene rings is 1. The predicted molar refractivity (Wildman–Crippen MR) is 75.4 cm³/mol. The molecule has 4 heteroatoms. The molecule has 1 N–H and O–H groups in total. The summed E-state index contributed by atoms with van der Waals surface area (Å²) in [6.07, 6.45) is 1.47. The molecule has 0 fully saturated rings. The van der Waals surface area contributed by atoms with Gasteiger partial charge in [-0.2, -0.15) is 0 Å². The van der Waals surface area contributed by atoms with Crippen molar-refractivity contribution in [1.29, 1.82) is 0 Å². The number of aryl methyl sites for hydroxylation is 4. The summed E-state index contributed by atoms with van der Waals surface area (Å²) in [5.74, 6) is -0.164. The fourth-order valence-electron chi connectivity index (χ4n) is 2.06. The Hall–Kier alpha value is -2.23. The molecule has 1 amide bonds. The van der Waals surface area contributed by atoms with E-state index in [-0.39, 0.29) is 5.91 Å². The third-order valence-electron chi connectivity index (χ3n) is 3.08. The van der Waals surface area contributed by atoms with Gasteiger partial charge in [0.2, 0.25) is 0 Å². The predicted octanol–water partition coefficient (Wildman–Crippen LogP) is 2.96. The molecule has 0 saturated carbocycles. The molecule has 0 spiro atoms. The Kier molecular flexibility index (Phi) is 3.60. The average molecular weight is 255 g/mol. The maximum atomic E-state index is 12.3. The van der Waals surface area contributed by atoms with Gasteiger partial charge in [-0.1, -0.05) is 17.7 Å². The van der Waals surface area contributed by atoms with Crippen molar-refractivity contribution in [3.8, 4) is 0 Å². The van der Waals surface area contributed by atoms with E-state index in [9.17, 15) is 4.79 Å². The van der Waals surface area contributed by atoms with Gasteiger partial charge in [-0.15, -0.1) is 0 Å². The second-order valence-electron chi connectivity index (χ2n) is 4.69. The normalized spacial score (nSPS) is 10.3. The minimum absolute atomic E-state index is 0.164. The Morgan fingerprint density at radius 2 is 1.68 bits per heavy atom. The van der Waals surface area contributed by atoms with Crippen LogP contribution >= 0.6 is 0 Å². The number of aromatic nitrogens is 2. The topological polar surface area (TPSA) is 54.9 Å². The molecule has 0 bridgehead atoms. The molecule has 0 aliphatic rings. The summed E-state index contributed by atoms with van der Waals surface area (Å²) < 4.78 is 0. The highest BCUT2D eigenvalue weighted by molar-refractivity contribution is 6.06. The number of carbonyl (C=O) groups excluding carboxylic acids is 1. The van der Waals surface area contributed by atoms with E-state index in [2.05, 4.69) is 15.3 Å². The molecule has 0 saturated heterocycles. The number of amides is 1. The zero-order valence-electron chi connectivity index (χ0n) is 11.6. The summed E-state index contributed by atoms with van der Waals surface area (Å²) in [7, 11) is 0. The first kappa shape index (κ1) is 13.2. The molecule has 4 nitrogen and oxygen atoms in total. The minimum atomic E-state index is -0.164. The van der Waals surface area contributed by atoms with Gasteiger partial charge in [0, 0.05) is 5.69 Å². The minimum Gasteiger partial charge on any atom is -0.322 e. The van der Waals surface area contributed by atoms with E-state index in [1.165, 1.54) is 11.9 Å². The Morgan fingerprint density at radius 3 is 2.26 bits per heavy atom. The fraction of sp³-hybridized carbons (Fsp3) is 0.267. The molecular formula is C15H17N3O. The Labute approximate surface area is 112 Å². The van der Waals surface area contributed by atoms with Crippen molar-refractivity contribution in [2.24, 2.45) is 0 Å². The lowest BCUT2D eigenvalue weighted by atomic mass is 10.1. The Balaban J connectivity index is 2.31. The number of carbonyl (C=O) groups is 1. The number of rotatable bonds is 2. The van der Waals surface area contributed by atoms with Crippen LogP contribution in [-0.2, 0) is 0 Å². The van der Waals surface area contributed by atoms with Crippen molar-refractivity contribution in [2.75, 3.05) is 5.32 Å². The van der Waals surface area contributed by atoms with Crippen molar-refractivity contribution >= 4 is 11.6 Å². The van der Waals surface area contributed by atoms with Gasteiger partial charge in [0.25, 0.3) is 5.91 Å². The summed E-state index contributed by atoms with van der Waals surface area (Å²) in [6, 6.07) is 5.93. The number of nitrogens with one attached hydrogen (secondary N) is 1. The molecule has 98 valence electrons. The molecule has 1 aromatic heterocycles. The smallest absolute Gasteiger partial charge is 0.259 e. The van der Waals surface area contributed by atoms with Crippen LogP contribution in [0.5, 0.6) is 0 Å². The maximum absolute atomic E-state index is 12.3. The molecule has 2 aromatic rings. The molecule has 0 aliphatic carbocycles. The van der Waals surface area contributed by atoms with Gasteiger partial charge in [-0.25, -0.2) is 9.97 Å². The third-order valence-corrected chi connectivity index (χ3v) is 3.08. The summed E-state index contributed by atoms with van der Waals surface area (Å²) in [4.78, 5) is 20.4. The van der Waals surface area contributed by atoms with Crippen LogP contribution in [0.4, 0.5) is 5.69 Å². The lowest BCUT2D eigenvalue weighted by Crippen LogP contribution is -2.17. The maximum Gasteiger partial charge on any atom is 0.259 e. The fourth-order valence-corrected chi connectivity index (χ4v) is 2.06. The van der Waals surface area contributed by atoms with Crippen molar-refractivity contribution < 1.29 is 4.79 Å². The molecule has 0 radical (unpaired) electrons. The molecule has 1 heterocycles. The summed E-state index contributed by atoms with van der Waals surface area (Å²) in [6.45, 7) is 7.62. The second-order valence-corrected chi connectivity index (χ2v) is 4.69. The van der Waals surface area contributed by atoms with Crippen LogP contribution < -0.4 is 5.32 Å². The van der Waals surface area contributed by atoms with Gasteiger partial charge in [0.1, 0.15) is 6.33 Å². The van der Waals surface area contributed by atoms with E-state index < -0.39 is 0 Å². The van der Waals surface area contributed by atoms with Gasteiger partial charge in [-0.3, -0.25) is 4.79 Å². The monoisotopic (exact) mass is 255 g/mol. The quantitative estimate of drug-likeness (QED) is 0.897. The van der Waals surface area contributed by atoms with E-state index in [0.717, 1.165) is 11.3 Å². The van der Waals surface area contributed by atoms with Crippen LogP contribution in [0.1, 0.15) is 32.9 Å². The Bertz CT molecular complexity index is 615. The first-order valence-electron chi connectivity index (χ1n) is 6.16. The SMILES string of the molecule is Cc1ccc(NC(=O)c2c(C)ncnc2C)c(C)c1. The van der Waals surface area contributed by atoms with Crippen molar-refractivity contribution in [1.82, 2.24) is 9.97 Å². The van der Waals surface area contributed by atoms with Gasteiger partial charge in [0.15, 0.2) is 0 Å². The molecule has 19 heavy (non-hydrogen) atoms. The van der Waals surface area contributed by atoms with E-state index in [1.54, 1.807) is 0 Å². The van der Waals surface area contributed by atoms with Gasteiger partial charge in [-0.05, 0) is 39.3 Å². The highest BCUT2D eigenvalue weighted by Gasteiger charge is 2.14. The molecule has 1 aromatic carbocycles. The highest BCUT2D eigenvalue weighted by Crippen LogP contribution is 2.18. The zero-order valence-corrected chi connectivity index (χ0v) is 11.6. The number of anilines is 1. The largest absolute Gasteiger partial charge is 0.322 e. The second kappa shape index (κ2) is 5.18. The van der Waals surface area contributed by atoms with Crippen molar-refractivity contribution in [2.45, 2.75) is 27.7 Å². The van der Waals surface area contributed by atoms with Crippen LogP contribution in [0.15, 0.2) is 24.5 Å². The highest BCUT2D eigenvalue weighted by atomic mass is 16.1. The molecule has 2 rings (SSSR count). The molecule has 0 atom stereocenters. The summed E-state index contributed by atoms with van der Waals surface area (Å²) in [5, 5.41) is 2.92. The van der Waals surface area contributed by atoms with E-state index in [0.29, 0.717) is 17.0 Å². The third kappa shape index (κ3) is 2.78. The number of hydrogen-bond donors (Lipinski definition) is 1. The standard InChI is InChI=1S/C15H17N3O/c1-9-5-6-13(10(2)7-9)18-15(19)14-11(3)16-8-17-12(14)4/h5-8H,1-4H3,(H,18,19). The number of nitrogens with zero attached hydrogens (tertiary/aromatic N) is 2. The van der Waals surface area contributed by atoms with Crippen LogP contribution in [0, 0.1) is 27.7 Å². The van der Waals surface area contributed by atoms with E-state index in [1.807, 2.05) is 45.9 Å². The average Bonchev–Trinajstić information content (AvgIpc) is 2.32.